The molecular formula is C23H23ClN4O4S. The van der Waals surface area contributed by atoms with Crippen LogP contribution in [0.15, 0.2) is 47.4 Å². The molecule has 1 fully saturated rings. The van der Waals surface area contributed by atoms with Crippen LogP contribution in [0, 0.1) is 13.8 Å². The molecule has 1 aromatic heterocycles. The van der Waals surface area contributed by atoms with Crippen LogP contribution in [0.4, 0.5) is 5.82 Å². The molecule has 2 aromatic carbocycles. The first kappa shape index (κ1) is 21.9. The summed E-state index contributed by atoms with van der Waals surface area (Å²) in [5.74, 6) is 2.14. The summed E-state index contributed by atoms with van der Waals surface area (Å²) >= 11 is 6.14. The summed E-state index contributed by atoms with van der Waals surface area (Å²) in [5, 5.41) is 9.31. The summed E-state index contributed by atoms with van der Waals surface area (Å²) in [6, 6.07) is 12.8. The number of sulfonamides is 1. The zero-order valence-electron chi connectivity index (χ0n) is 18.3. The minimum Gasteiger partial charge on any atom is -0.454 e. The van der Waals surface area contributed by atoms with E-state index in [0.29, 0.717) is 47.4 Å². The van der Waals surface area contributed by atoms with Crippen LogP contribution in [0.2, 0.25) is 5.02 Å². The number of hydrogen-bond donors (Lipinski definition) is 0. The lowest BCUT2D eigenvalue weighted by Gasteiger charge is -2.34. The molecule has 0 amide bonds. The monoisotopic (exact) mass is 486 g/mol. The normalized spacial score (nSPS) is 16.3. The van der Waals surface area contributed by atoms with Gasteiger partial charge in [0.15, 0.2) is 17.3 Å². The Morgan fingerprint density at radius 2 is 1.64 bits per heavy atom. The summed E-state index contributed by atoms with van der Waals surface area (Å²) in [6.45, 7) is 5.61. The van der Waals surface area contributed by atoms with E-state index in [4.69, 9.17) is 21.1 Å². The molecule has 8 nitrogen and oxygen atoms in total. The summed E-state index contributed by atoms with van der Waals surface area (Å²) < 4.78 is 38.7. The molecule has 0 N–H and O–H groups in total. The molecule has 0 atom stereocenters. The Labute approximate surface area is 197 Å². The van der Waals surface area contributed by atoms with Crippen molar-refractivity contribution in [1.29, 1.82) is 0 Å². The van der Waals surface area contributed by atoms with Crippen LogP contribution < -0.4 is 14.4 Å². The van der Waals surface area contributed by atoms with Crippen molar-refractivity contribution in [1.82, 2.24) is 14.5 Å². The molecule has 2 aliphatic rings. The van der Waals surface area contributed by atoms with E-state index >= 15 is 0 Å². The second-order valence-corrected chi connectivity index (χ2v) is 10.4. The Hall–Kier alpha value is -2.88. The topological polar surface area (TPSA) is 84.9 Å². The zero-order valence-corrected chi connectivity index (χ0v) is 19.9. The first-order valence-corrected chi connectivity index (χ1v) is 12.4. The van der Waals surface area contributed by atoms with Crippen molar-refractivity contribution in [2.75, 3.05) is 37.9 Å². The molecule has 0 unspecified atom stereocenters. The number of aryl methyl sites for hydroxylation is 2. The van der Waals surface area contributed by atoms with Crippen LogP contribution in [0.1, 0.15) is 11.1 Å². The lowest BCUT2D eigenvalue weighted by Crippen LogP contribution is -2.49. The zero-order chi connectivity index (χ0) is 23.2. The van der Waals surface area contributed by atoms with Crippen molar-refractivity contribution in [2.24, 2.45) is 0 Å². The third-order valence-electron chi connectivity index (χ3n) is 5.96. The Bertz CT molecular complexity index is 1310. The Kier molecular flexibility index (Phi) is 5.64. The quantitative estimate of drug-likeness (QED) is 0.556. The van der Waals surface area contributed by atoms with Gasteiger partial charge in [0.2, 0.25) is 16.8 Å². The number of anilines is 1. The largest absolute Gasteiger partial charge is 0.454 e. The highest BCUT2D eigenvalue weighted by Gasteiger charge is 2.30. The maximum atomic E-state index is 13.2. The third-order valence-corrected chi connectivity index (χ3v) is 8.40. The van der Waals surface area contributed by atoms with Crippen LogP contribution in [0.3, 0.4) is 0 Å². The molecule has 0 bridgehead atoms. The van der Waals surface area contributed by atoms with Gasteiger partial charge in [-0.3, -0.25) is 0 Å². The molecule has 2 aliphatic heterocycles. The average molecular weight is 487 g/mol. The van der Waals surface area contributed by atoms with Crippen LogP contribution in [-0.2, 0) is 10.0 Å². The summed E-state index contributed by atoms with van der Waals surface area (Å²) in [6.07, 6.45) is 0. The second-order valence-electron chi connectivity index (χ2n) is 8.10. The maximum Gasteiger partial charge on any atom is 0.243 e. The van der Waals surface area contributed by atoms with E-state index in [1.807, 2.05) is 42.2 Å². The average Bonchev–Trinajstić information content (AvgIpc) is 3.29. The van der Waals surface area contributed by atoms with Crippen molar-refractivity contribution in [3.63, 3.8) is 0 Å². The molecule has 0 saturated carbocycles. The van der Waals surface area contributed by atoms with Crippen molar-refractivity contribution in [3.8, 4) is 22.8 Å². The summed E-state index contributed by atoms with van der Waals surface area (Å²) in [5.41, 5.74) is 3.02. The van der Waals surface area contributed by atoms with E-state index in [0.717, 1.165) is 28.4 Å². The first-order chi connectivity index (χ1) is 15.8. The molecule has 33 heavy (non-hydrogen) atoms. The molecule has 172 valence electrons. The highest BCUT2D eigenvalue weighted by Crippen LogP contribution is 2.35. The van der Waals surface area contributed by atoms with Gasteiger partial charge in [-0.25, -0.2) is 8.42 Å². The molecule has 0 aliphatic carbocycles. The van der Waals surface area contributed by atoms with Gasteiger partial charge in [-0.05, 0) is 67.4 Å². The number of halogens is 1. The Balaban J connectivity index is 1.28. The summed E-state index contributed by atoms with van der Waals surface area (Å²) in [7, 11) is -3.60. The molecule has 10 heteroatoms. The van der Waals surface area contributed by atoms with Gasteiger partial charge in [0, 0.05) is 36.8 Å². The maximum absolute atomic E-state index is 13.2. The molecule has 5 rings (SSSR count). The van der Waals surface area contributed by atoms with E-state index in [1.165, 1.54) is 4.31 Å². The number of ether oxygens (including phenoxy) is 2. The van der Waals surface area contributed by atoms with Gasteiger partial charge in [0.05, 0.1) is 10.6 Å². The van der Waals surface area contributed by atoms with Crippen molar-refractivity contribution < 1.29 is 17.9 Å². The minimum absolute atomic E-state index is 0.224. The van der Waals surface area contributed by atoms with E-state index in [9.17, 15) is 8.42 Å². The van der Waals surface area contributed by atoms with Gasteiger partial charge in [-0.1, -0.05) is 11.6 Å². The molecule has 0 spiro atoms. The van der Waals surface area contributed by atoms with Gasteiger partial charge in [-0.2, -0.15) is 4.31 Å². The number of fused-ring (bicyclic) bond motifs is 1. The number of piperazine rings is 1. The van der Waals surface area contributed by atoms with E-state index in [2.05, 4.69) is 10.2 Å². The van der Waals surface area contributed by atoms with E-state index < -0.39 is 10.0 Å². The number of rotatable bonds is 4. The van der Waals surface area contributed by atoms with Crippen molar-refractivity contribution >= 4 is 27.4 Å². The number of aromatic nitrogens is 2. The van der Waals surface area contributed by atoms with Crippen LogP contribution >= 0.6 is 11.6 Å². The van der Waals surface area contributed by atoms with E-state index in [1.54, 1.807) is 19.1 Å². The van der Waals surface area contributed by atoms with Crippen LogP contribution in [-0.4, -0.2) is 55.9 Å². The van der Waals surface area contributed by atoms with Crippen molar-refractivity contribution in [3.05, 3.63) is 58.6 Å². The minimum atomic E-state index is -3.60. The highest BCUT2D eigenvalue weighted by molar-refractivity contribution is 7.89. The number of hydrogen-bond acceptors (Lipinski definition) is 7. The second kappa shape index (κ2) is 8.48. The Morgan fingerprint density at radius 3 is 2.36 bits per heavy atom. The van der Waals surface area contributed by atoms with Gasteiger partial charge < -0.3 is 14.4 Å². The van der Waals surface area contributed by atoms with Crippen molar-refractivity contribution in [2.45, 2.75) is 18.7 Å². The van der Waals surface area contributed by atoms with E-state index in [-0.39, 0.29) is 6.79 Å². The predicted molar refractivity (Wildman–Crippen MR) is 125 cm³/mol. The predicted octanol–water partition coefficient (Wildman–Crippen LogP) is 3.65. The van der Waals surface area contributed by atoms with Gasteiger partial charge >= 0.3 is 0 Å². The Morgan fingerprint density at radius 1 is 0.879 bits per heavy atom. The highest BCUT2D eigenvalue weighted by atomic mass is 35.5. The molecule has 3 heterocycles. The molecular weight excluding hydrogens is 464 g/mol. The fraction of sp³-hybridized carbons (Fsp3) is 0.304. The lowest BCUT2D eigenvalue weighted by atomic mass is 10.1. The lowest BCUT2D eigenvalue weighted by molar-refractivity contribution is 0.174. The molecule has 0 radical (unpaired) electrons. The fourth-order valence-electron chi connectivity index (χ4n) is 4.03. The molecule has 3 aromatic rings. The standard InChI is InChI=1S/C23H23ClN4O4S/c1-15-12-22(16(2)11-18(15)24)33(29,30)28-9-7-27(8-10-28)23-6-4-19(25-26-23)17-3-5-20-21(13-17)32-14-31-20/h3-6,11-13H,7-10,14H2,1-2H3. The molecule has 1 saturated heterocycles. The van der Waals surface area contributed by atoms with Gasteiger partial charge in [0.1, 0.15) is 0 Å². The van der Waals surface area contributed by atoms with Gasteiger partial charge in [-0.15, -0.1) is 10.2 Å². The van der Waals surface area contributed by atoms with Crippen LogP contribution in [0.5, 0.6) is 11.5 Å². The summed E-state index contributed by atoms with van der Waals surface area (Å²) in [4.78, 5) is 2.35. The fourth-order valence-corrected chi connectivity index (χ4v) is 5.96. The van der Waals surface area contributed by atoms with Gasteiger partial charge in [0.25, 0.3) is 0 Å². The first-order valence-electron chi connectivity index (χ1n) is 10.6. The number of nitrogens with zero attached hydrogens (tertiary/aromatic N) is 4. The number of benzene rings is 2. The SMILES string of the molecule is Cc1cc(S(=O)(=O)N2CCN(c3ccc(-c4ccc5c(c4)OCO5)nn3)CC2)c(C)cc1Cl. The van der Waals surface area contributed by atoms with Crippen LogP contribution in [0.25, 0.3) is 11.3 Å². The smallest absolute Gasteiger partial charge is 0.243 e. The third kappa shape index (κ3) is 4.12.